The fourth-order valence-corrected chi connectivity index (χ4v) is 3.57. The summed E-state index contributed by atoms with van der Waals surface area (Å²) in [7, 11) is 0. The largest absolute Gasteiger partial charge is 0.454 e. The van der Waals surface area contributed by atoms with Crippen molar-refractivity contribution in [2.75, 3.05) is 13.3 Å². The average Bonchev–Trinajstić information content (AvgIpc) is 3.11. The summed E-state index contributed by atoms with van der Waals surface area (Å²) in [5.41, 5.74) is 7.93. The summed E-state index contributed by atoms with van der Waals surface area (Å²) in [5.74, 6) is 3.37. The van der Waals surface area contributed by atoms with E-state index in [1.165, 1.54) is 37.9 Å². The van der Waals surface area contributed by atoms with Crippen molar-refractivity contribution >= 4 is 11.0 Å². The van der Waals surface area contributed by atoms with Crippen LogP contribution < -0.4 is 15.2 Å². The summed E-state index contributed by atoms with van der Waals surface area (Å²) in [4.78, 5) is 4.90. The van der Waals surface area contributed by atoms with Crippen molar-refractivity contribution in [1.82, 2.24) is 9.55 Å². The standard InChI is InChI=1S/C16H21N3O2/c17-6-7-19-13-9-15-14(20-10-21-15)8-12(13)18-16(19)11-4-2-1-3-5-11/h8-9,11H,1-7,10,17H2. The van der Waals surface area contributed by atoms with Crippen molar-refractivity contribution in [1.29, 1.82) is 0 Å². The monoisotopic (exact) mass is 287 g/mol. The van der Waals surface area contributed by atoms with Crippen LogP contribution in [0.2, 0.25) is 0 Å². The molecule has 1 aliphatic carbocycles. The molecule has 1 aliphatic heterocycles. The molecule has 5 heteroatoms. The normalized spacial score (nSPS) is 18.5. The number of imidazole rings is 1. The average molecular weight is 287 g/mol. The molecule has 112 valence electrons. The third-order valence-electron chi connectivity index (χ3n) is 4.60. The molecule has 1 saturated carbocycles. The Morgan fingerprint density at radius 2 is 1.90 bits per heavy atom. The van der Waals surface area contributed by atoms with Crippen LogP contribution in [0, 0.1) is 0 Å². The van der Waals surface area contributed by atoms with Gasteiger partial charge in [0.05, 0.1) is 11.0 Å². The molecular formula is C16H21N3O2. The first-order valence-corrected chi connectivity index (χ1v) is 7.86. The van der Waals surface area contributed by atoms with E-state index in [-0.39, 0.29) is 0 Å². The fourth-order valence-electron chi connectivity index (χ4n) is 3.57. The van der Waals surface area contributed by atoms with E-state index >= 15 is 0 Å². The Kier molecular flexibility index (Phi) is 3.22. The SMILES string of the molecule is NCCn1c(C2CCCCC2)nc2cc3c(cc21)OCO3. The predicted molar refractivity (Wildman–Crippen MR) is 80.7 cm³/mol. The number of nitrogens with zero attached hydrogens (tertiary/aromatic N) is 2. The van der Waals surface area contributed by atoms with Gasteiger partial charge in [0.25, 0.3) is 0 Å². The molecule has 1 aromatic heterocycles. The van der Waals surface area contributed by atoms with E-state index < -0.39 is 0 Å². The number of hydrogen-bond acceptors (Lipinski definition) is 4. The highest BCUT2D eigenvalue weighted by atomic mass is 16.7. The smallest absolute Gasteiger partial charge is 0.231 e. The molecule has 0 saturated heterocycles. The second-order valence-corrected chi connectivity index (χ2v) is 5.94. The molecule has 2 aliphatic rings. The molecule has 0 spiro atoms. The molecule has 1 fully saturated rings. The first-order valence-electron chi connectivity index (χ1n) is 7.86. The van der Waals surface area contributed by atoms with Crippen LogP contribution in [-0.2, 0) is 6.54 Å². The van der Waals surface area contributed by atoms with Crippen LogP contribution >= 0.6 is 0 Å². The number of ether oxygens (including phenoxy) is 2. The molecule has 2 N–H and O–H groups in total. The van der Waals surface area contributed by atoms with Crippen molar-refractivity contribution in [3.8, 4) is 11.5 Å². The maximum Gasteiger partial charge on any atom is 0.231 e. The highest BCUT2D eigenvalue weighted by Gasteiger charge is 2.24. The van der Waals surface area contributed by atoms with E-state index in [2.05, 4.69) is 4.57 Å². The van der Waals surface area contributed by atoms with Crippen molar-refractivity contribution in [2.45, 2.75) is 44.6 Å². The Morgan fingerprint density at radius 3 is 2.67 bits per heavy atom. The molecule has 5 nitrogen and oxygen atoms in total. The van der Waals surface area contributed by atoms with Crippen molar-refractivity contribution in [3.63, 3.8) is 0 Å². The van der Waals surface area contributed by atoms with E-state index in [0.717, 1.165) is 29.1 Å². The van der Waals surface area contributed by atoms with E-state index in [0.29, 0.717) is 19.3 Å². The minimum Gasteiger partial charge on any atom is -0.454 e. The summed E-state index contributed by atoms with van der Waals surface area (Å²) in [5, 5.41) is 0. The number of aromatic nitrogens is 2. The summed E-state index contributed by atoms with van der Waals surface area (Å²) < 4.78 is 13.2. The second kappa shape index (κ2) is 5.22. The van der Waals surface area contributed by atoms with Gasteiger partial charge in [0.2, 0.25) is 6.79 Å². The van der Waals surface area contributed by atoms with Crippen LogP contribution in [0.3, 0.4) is 0 Å². The zero-order valence-electron chi connectivity index (χ0n) is 12.2. The highest BCUT2D eigenvalue weighted by Crippen LogP contribution is 2.39. The van der Waals surface area contributed by atoms with Gasteiger partial charge in [-0.3, -0.25) is 0 Å². The van der Waals surface area contributed by atoms with Gasteiger partial charge in [-0.2, -0.15) is 0 Å². The van der Waals surface area contributed by atoms with Gasteiger partial charge in [0, 0.05) is 31.1 Å². The topological polar surface area (TPSA) is 62.3 Å². The van der Waals surface area contributed by atoms with Crippen LogP contribution in [0.25, 0.3) is 11.0 Å². The molecule has 0 radical (unpaired) electrons. The maximum atomic E-state index is 5.82. The Morgan fingerprint density at radius 1 is 1.14 bits per heavy atom. The number of rotatable bonds is 3. The Labute approximate surface area is 124 Å². The molecule has 2 heterocycles. The zero-order valence-corrected chi connectivity index (χ0v) is 12.2. The van der Waals surface area contributed by atoms with Gasteiger partial charge in [-0.25, -0.2) is 4.98 Å². The first-order chi connectivity index (χ1) is 10.4. The summed E-state index contributed by atoms with van der Waals surface area (Å²) in [6.45, 7) is 1.73. The van der Waals surface area contributed by atoms with E-state index in [9.17, 15) is 0 Å². The quantitative estimate of drug-likeness (QED) is 0.943. The Hall–Kier alpha value is -1.75. The molecule has 0 bridgehead atoms. The van der Waals surface area contributed by atoms with E-state index in [4.69, 9.17) is 20.2 Å². The van der Waals surface area contributed by atoms with Crippen molar-refractivity contribution in [3.05, 3.63) is 18.0 Å². The lowest BCUT2D eigenvalue weighted by atomic mass is 9.88. The van der Waals surface area contributed by atoms with Crippen LogP contribution in [0.5, 0.6) is 11.5 Å². The first kappa shape index (κ1) is 13.0. The van der Waals surface area contributed by atoms with Gasteiger partial charge in [0.1, 0.15) is 5.82 Å². The number of fused-ring (bicyclic) bond motifs is 2. The van der Waals surface area contributed by atoms with Gasteiger partial charge in [-0.1, -0.05) is 19.3 Å². The van der Waals surface area contributed by atoms with E-state index in [1.54, 1.807) is 0 Å². The lowest BCUT2D eigenvalue weighted by Crippen LogP contribution is -2.16. The molecule has 0 amide bonds. The molecule has 21 heavy (non-hydrogen) atoms. The molecule has 2 aromatic rings. The van der Waals surface area contributed by atoms with Crippen molar-refractivity contribution < 1.29 is 9.47 Å². The number of benzene rings is 1. The fraction of sp³-hybridized carbons (Fsp3) is 0.562. The summed E-state index contributed by atoms with van der Waals surface area (Å²) in [6.07, 6.45) is 6.43. The zero-order chi connectivity index (χ0) is 14.2. The third kappa shape index (κ3) is 2.16. The van der Waals surface area contributed by atoms with Crippen LogP contribution in [0.4, 0.5) is 0 Å². The van der Waals surface area contributed by atoms with Crippen molar-refractivity contribution in [2.24, 2.45) is 5.73 Å². The van der Waals surface area contributed by atoms with Crippen LogP contribution in [0.15, 0.2) is 12.1 Å². The maximum absolute atomic E-state index is 5.82. The minimum atomic E-state index is 0.300. The molecule has 1 aromatic carbocycles. The van der Waals surface area contributed by atoms with Gasteiger partial charge in [-0.05, 0) is 12.8 Å². The highest BCUT2D eigenvalue weighted by molar-refractivity contribution is 5.81. The number of hydrogen-bond donors (Lipinski definition) is 1. The predicted octanol–water partition coefficient (Wildman–Crippen LogP) is 2.77. The Balaban J connectivity index is 1.83. The van der Waals surface area contributed by atoms with E-state index in [1.807, 2.05) is 12.1 Å². The molecule has 0 unspecified atom stereocenters. The van der Waals surface area contributed by atoms with Crippen LogP contribution in [-0.4, -0.2) is 22.9 Å². The Bertz CT molecular complexity index is 659. The summed E-state index contributed by atoms with van der Waals surface area (Å²) >= 11 is 0. The molecule has 4 rings (SSSR count). The lowest BCUT2D eigenvalue weighted by molar-refractivity contribution is 0.174. The number of nitrogens with two attached hydrogens (primary N) is 1. The van der Waals surface area contributed by atoms with Gasteiger partial charge >= 0.3 is 0 Å². The van der Waals surface area contributed by atoms with Gasteiger partial charge in [-0.15, -0.1) is 0 Å². The lowest BCUT2D eigenvalue weighted by Gasteiger charge is -2.22. The molecule has 0 atom stereocenters. The van der Waals surface area contributed by atoms with Crippen LogP contribution in [0.1, 0.15) is 43.8 Å². The second-order valence-electron chi connectivity index (χ2n) is 5.94. The third-order valence-corrected chi connectivity index (χ3v) is 4.60. The summed E-state index contributed by atoms with van der Waals surface area (Å²) in [6, 6.07) is 4.05. The minimum absolute atomic E-state index is 0.300. The molecular weight excluding hydrogens is 266 g/mol. The van der Waals surface area contributed by atoms with Gasteiger partial charge < -0.3 is 19.8 Å². The van der Waals surface area contributed by atoms with Gasteiger partial charge in [0.15, 0.2) is 11.5 Å².